The number of hydrogen-bond acceptors (Lipinski definition) is 3. The Kier molecular flexibility index (Phi) is 2.70. The van der Waals surface area contributed by atoms with Gasteiger partial charge in [-0.15, -0.1) is 0 Å². The van der Waals surface area contributed by atoms with Crippen molar-refractivity contribution in [2.75, 3.05) is 7.11 Å². The fourth-order valence-corrected chi connectivity index (χ4v) is 2.57. The van der Waals surface area contributed by atoms with Crippen molar-refractivity contribution in [1.29, 1.82) is 0 Å². The lowest BCUT2D eigenvalue weighted by Crippen LogP contribution is -2.54. The van der Waals surface area contributed by atoms with Crippen LogP contribution in [0.1, 0.15) is 40.0 Å². The zero-order chi connectivity index (χ0) is 11.0. The maximum absolute atomic E-state index is 11.7. The fourth-order valence-electron chi connectivity index (χ4n) is 2.57. The lowest BCUT2D eigenvalue weighted by molar-refractivity contribution is -0.173. The van der Waals surface area contributed by atoms with Crippen LogP contribution in [-0.2, 0) is 14.3 Å². The molecule has 1 fully saturated rings. The molecule has 0 unspecified atom stereocenters. The molecule has 0 radical (unpaired) electrons. The number of carbonyl (C=O) groups is 2. The predicted molar refractivity (Wildman–Crippen MR) is 52.8 cm³/mol. The molecule has 14 heavy (non-hydrogen) atoms. The SMILES string of the molecule is CCC(=O)C1(C(=O)OC)CC(C)(C)C1. The molecule has 0 bridgehead atoms. The van der Waals surface area contributed by atoms with E-state index in [1.807, 2.05) is 0 Å². The molecule has 1 aliphatic carbocycles. The van der Waals surface area contributed by atoms with Gasteiger partial charge in [0.05, 0.1) is 7.11 Å². The first-order valence-electron chi connectivity index (χ1n) is 5.00. The summed E-state index contributed by atoms with van der Waals surface area (Å²) < 4.78 is 4.71. The fraction of sp³-hybridized carbons (Fsp3) is 0.818. The molecule has 0 spiro atoms. The lowest BCUT2D eigenvalue weighted by atomic mass is 9.52. The number of ether oxygens (including phenoxy) is 1. The maximum atomic E-state index is 11.7. The summed E-state index contributed by atoms with van der Waals surface area (Å²) in [6.07, 6.45) is 1.66. The van der Waals surface area contributed by atoms with E-state index >= 15 is 0 Å². The average Bonchev–Trinajstić information content (AvgIpc) is 2.10. The zero-order valence-electron chi connectivity index (χ0n) is 9.35. The van der Waals surface area contributed by atoms with E-state index in [-0.39, 0.29) is 17.2 Å². The standard InChI is InChI=1S/C11H18O3/c1-5-8(12)11(9(13)14-4)6-10(2,3)7-11/h5-7H2,1-4H3. The van der Waals surface area contributed by atoms with Gasteiger partial charge in [-0.05, 0) is 18.3 Å². The number of Topliss-reactive ketones (excluding diaryl/α,β-unsaturated/α-hetero) is 1. The summed E-state index contributed by atoms with van der Waals surface area (Å²) in [7, 11) is 1.35. The number of ketones is 1. The van der Waals surface area contributed by atoms with E-state index in [1.165, 1.54) is 7.11 Å². The number of carbonyl (C=O) groups excluding carboxylic acids is 2. The Labute approximate surface area is 84.8 Å². The molecule has 0 amide bonds. The zero-order valence-corrected chi connectivity index (χ0v) is 9.35. The Bertz CT molecular complexity index is 240. The van der Waals surface area contributed by atoms with Crippen LogP contribution in [0.25, 0.3) is 0 Å². The van der Waals surface area contributed by atoms with Crippen molar-refractivity contribution in [3.05, 3.63) is 0 Å². The summed E-state index contributed by atoms with van der Waals surface area (Å²) >= 11 is 0. The van der Waals surface area contributed by atoms with Gasteiger partial charge in [0.15, 0.2) is 0 Å². The van der Waals surface area contributed by atoms with Gasteiger partial charge in [0.1, 0.15) is 11.2 Å². The molecule has 0 heterocycles. The third-order valence-electron chi connectivity index (χ3n) is 2.99. The minimum absolute atomic E-state index is 0.0173. The van der Waals surface area contributed by atoms with Gasteiger partial charge >= 0.3 is 5.97 Å². The summed E-state index contributed by atoms with van der Waals surface area (Å²) in [6, 6.07) is 0. The average molecular weight is 198 g/mol. The highest BCUT2D eigenvalue weighted by atomic mass is 16.5. The van der Waals surface area contributed by atoms with Gasteiger partial charge in [0, 0.05) is 6.42 Å². The lowest BCUT2D eigenvalue weighted by Gasteiger charge is -2.49. The summed E-state index contributed by atoms with van der Waals surface area (Å²) in [4.78, 5) is 23.3. The van der Waals surface area contributed by atoms with Gasteiger partial charge in [0.25, 0.3) is 0 Å². The van der Waals surface area contributed by atoms with Crippen LogP contribution in [0.15, 0.2) is 0 Å². The van der Waals surface area contributed by atoms with E-state index < -0.39 is 5.41 Å². The van der Waals surface area contributed by atoms with Crippen molar-refractivity contribution in [2.45, 2.75) is 40.0 Å². The largest absolute Gasteiger partial charge is 0.468 e. The molecule has 0 aliphatic heterocycles. The summed E-state index contributed by atoms with van der Waals surface area (Å²) in [5.41, 5.74) is -0.730. The first-order valence-corrected chi connectivity index (χ1v) is 5.00. The van der Waals surface area contributed by atoms with E-state index in [1.54, 1.807) is 6.92 Å². The topological polar surface area (TPSA) is 43.4 Å². The highest BCUT2D eigenvalue weighted by Gasteiger charge is 2.59. The predicted octanol–water partition coefficient (Wildman–Crippen LogP) is 1.94. The van der Waals surface area contributed by atoms with Gasteiger partial charge in [-0.2, -0.15) is 0 Å². The van der Waals surface area contributed by atoms with Crippen LogP contribution >= 0.6 is 0 Å². The van der Waals surface area contributed by atoms with E-state index in [4.69, 9.17) is 4.74 Å². The summed E-state index contributed by atoms with van der Waals surface area (Å²) in [5, 5.41) is 0. The number of methoxy groups -OCH3 is 1. The Morgan fingerprint density at radius 2 is 1.79 bits per heavy atom. The molecule has 0 aromatic carbocycles. The van der Waals surface area contributed by atoms with Crippen molar-refractivity contribution in [2.24, 2.45) is 10.8 Å². The van der Waals surface area contributed by atoms with E-state index in [0.29, 0.717) is 19.3 Å². The highest BCUT2D eigenvalue weighted by molar-refractivity contribution is 6.04. The highest BCUT2D eigenvalue weighted by Crippen LogP contribution is 2.55. The van der Waals surface area contributed by atoms with Crippen molar-refractivity contribution in [3.63, 3.8) is 0 Å². The molecule has 1 saturated carbocycles. The first-order chi connectivity index (χ1) is 6.38. The second kappa shape index (κ2) is 3.37. The summed E-state index contributed by atoms with van der Waals surface area (Å²) in [5.74, 6) is -0.340. The summed E-state index contributed by atoms with van der Waals surface area (Å²) in [6.45, 7) is 5.92. The molecule has 0 aromatic rings. The Hall–Kier alpha value is -0.860. The molecule has 0 N–H and O–H groups in total. The molecule has 0 atom stereocenters. The van der Waals surface area contributed by atoms with Crippen molar-refractivity contribution < 1.29 is 14.3 Å². The molecule has 1 rings (SSSR count). The van der Waals surface area contributed by atoms with Crippen LogP contribution in [0, 0.1) is 10.8 Å². The third-order valence-corrected chi connectivity index (χ3v) is 2.99. The molecular formula is C11H18O3. The molecule has 3 heteroatoms. The third kappa shape index (κ3) is 1.56. The maximum Gasteiger partial charge on any atom is 0.319 e. The molecular weight excluding hydrogens is 180 g/mol. The van der Waals surface area contributed by atoms with Crippen LogP contribution in [0.5, 0.6) is 0 Å². The quantitative estimate of drug-likeness (QED) is 0.514. The Morgan fingerprint density at radius 3 is 2.07 bits per heavy atom. The van der Waals surface area contributed by atoms with Crippen molar-refractivity contribution in [3.8, 4) is 0 Å². The minimum atomic E-state index is -0.826. The van der Waals surface area contributed by atoms with Gasteiger partial charge in [0.2, 0.25) is 0 Å². The van der Waals surface area contributed by atoms with Crippen LogP contribution < -0.4 is 0 Å². The molecule has 0 saturated heterocycles. The second-order valence-corrected chi connectivity index (χ2v) is 4.87. The molecule has 80 valence electrons. The van der Waals surface area contributed by atoms with Crippen LogP contribution in [0.4, 0.5) is 0 Å². The monoisotopic (exact) mass is 198 g/mol. The molecule has 3 nitrogen and oxygen atoms in total. The van der Waals surface area contributed by atoms with E-state index in [2.05, 4.69) is 13.8 Å². The van der Waals surface area contributed by atoms with Gasteiger partial charge in [-0.25, -0.2) is 0 Å². The number of esters is 1. The first kappa shape index (κ1) is 11.2. The second-order valence-electron chi connectivity index (χ2n) is 4.87. The van der Waals surface area contributed by atoms with Crippen molar-refractivity contribution in [1.82, 2.24) is 0 Å². The van der Waals surface area contributed by atoms with Crippen LogP contribution in [0.2, 0.25) is 0 Å². The van der Waals surface area contributed by atoms with Gasteiger partial charge in [-0.3, -0.25) is 9.59 Å². The molecule has 1 aliphatic rings. The number of rotatable bonds is 3. The van der Waals surface area contributed by atoms with Gasteiger partial charge < -0.3 is 4.74 Å². The van der Waals surface area contributed by atoms with Crippen LogP contribution in [0.3, 0.4) is 0 Å². The van der Waals surface area contributed by atoms with E-state index in [0.717, 1.165) is 0 Å². The normalized spacial score (nSPS) is 22.3. The Morgan fingerprint density at radius 1 is 1.29 bits per heavy atom. The number of hydrogen-bond donors (Lipinski definition) is 0. The smallest absolute Gasteiger partial charge is 0.319 e. The Balaban J connectivity index is 2.85. The van der Waals surface area contributed by atoms with Crippen LogP contribution in [-0.4, -0.2) is 18.9 Å². The van der Waals surface area contributed by atoms with Crippen molar-refractivity contribution >= 4 is 11.8 Å². The minimum Gasteiger partial charge on any atom is -0.468 e. The van der Waals surface area contributed by atoms with Gasteiger partial charge in [-0.1, -0.05) is 20.8 Å². The van der Waals surface area contributed by atoms with E-state index in [9.17, 15) is 9.59 Å². The molecule has 0 aromatic heterocycles.